The van der Waals surface area contributed by atoms with Gasteiger partial charge in [0.05, 0.1) is 139 Å². The van der Waals surface area contributed by atoms with Gasteiger partial charge in [-0.05, 0) is 80.7 Å². The molecule has 0 aromatic heterocycles. The van der Waals surface area contributed by atoms with E-state index in [0.717, 1.165) is 70.0 Å². The first-order chi connectivity index (χ1) is 40.4. The Morgan fingerprint density at radius 3 is 0.642 bits per heavy atom. The van der Waals surface area contributed by atoms with Gasteiger partial charge in [0, 0.05) is 132 Å². The number of rotatable bonds is 70. The van der Waals surface area contributed by atoms with Crippen LogP contribution in [0.5, 0.6) is 5.75 Å². The molecule has 0 aliphatic heterocycles. The van der Waals surface area contributed by atoms with Crippen molar-refractivity contribution in [2.75, 3.05) is 264 Å². The summed E-state index contributed by atoms with van der Waals surface area (Å²) in [5.74, 6) is 0.899. The van der Waals surface area contributed by atoms with Crippen LogP contribution in [0.3, 0.4) is 0 Å². The van der Waals surface area contributed by atoms with E-state index in [1.165, 1.54) is 10.8 Å². The van der Waals surface area contributed by atoms with Gasteiger partial charge in [-0.1, -0.05) is 30.3 Å². The highest BCUT2D eigenvalue weighted by Gasteiger charge is 2.02. The van der Waals surface area contributed by atoms with Crippen LogP contribution in [0.15, 0.2) is 42.5 Å². The van der Waals surface area contributed by atoms with Crippen LogP contribution in [-0.4, -0.2) is 269 Å². The summed E-state index contributed by atoms with van der Waals surface area (Å²) in [4.78, 5) is 0. The molecule has 2 rings (SSSR count). The van der Waals surface area contributed by atoms with Gasteiger partial charge in [0.2, 0.25) is 0 Å². The Morgan fingerprint density at radius 1 is 0.198 bits per heavy atom. The molecular formula is C60H108O21. The lowest BCUT2D eigenvalue weighted by Crippen LogP contribution is -2.15. The van der Waals surface area contributed by atoms with Gasteiger partial charge in [-0.25, -0.2) is 0 Å². The molecule has 0 atom stereocenters. The number of aliphatic hydroxyl groups excluding tert-OH is 1. The fourth-order valence-corrected chi connectivity index (χ4v) is 7.04. The third-order valence-electron chi connectivity index (χ3n) is 11.2. The van der Waals surface area contributed by atoms with E-state index in [4.69, 9.17) is 99.8 Å². The highest BCUT2D eigenvalue weighted by molar-refractivity contribution is 5.83. The minimum atomic E-state index is 0.0212. The summed E-state index contributed by atoms with van der Waals surface area (Å²) in [6.45, 7) is 23.2. The van der Waals surface area contributed by atoms with Crippen molar-refractivity contribution in [2.24, 2.45) is 0 Å². The maximum absolute atomic E-state index is 8.62. The molecule has 2 aromatic carbocycles. The average molecular weight is 1170 g/mol. The van der Waals surface area contributed by atoms with Gasteiger partial charge in [-0.2, -0.15) is 0 Å². The molecule has 0 aliphatic rings. The molecule has 81 heavy (non-hydrogen) atoms. The monoisotopic (exact) mass is 1160 g/mol. The van der Waals surface area contributed by atoms with Crippen molar-refractivity contribution in [3.63, 3.8) is 0 Å². The van der Waals surface area contributed by atoms with Crippen LogP contribution in [0, 0.1) is 0 Å². The Balaban J connectivity index is 1.09. The summed E-state index contributed by atoms with van der Waals surface area (Å²) in [5, 5.41) is 11.0. The smallest absolute Gasteiger partial charge is 0.119 e. The summed E-state index contributed by atoms with van der Waals surface area (Å²) < 4.78 is 112. The van der Waals surface area contributed by atoms with E-state index in [-0.39, 0.29) is 6.61 Å². The fourth-order valence-electron chi connectivity index (χ4n) is 7.04. The van der Waals surface area contributed by atoms with Gasteiger partial charge >= 0.3 is 0 Å². The molecule has 474 valence electrons. The average Bonchev–Trinajstić information content (AvgIpc) is 3.48. The first kappa shape index (κ1) is 74.8. The first-order valence-corrected chi connectivity index (χ1v) is 30.1. The maximum atomic E-state index is 8.62. The Hall–Kier alpha value is -2.30. The molecule has 0 fully saturated rings. The van der Waals surface area contributed by atoms with Crippen LogP contribution < -0.4 is 4.74 Å². The Morgan fingerprint density at radius 2 is 0.395 bits per heavy atom. The third kappa shape index (κ3) is 56.6. The van der Waals surface area contributed by atoms with Gasteiger partial charge < -0.3 is 99.8 Å². The van der Waals surface area contributed by atoms with Gasteiger partial charge in [-0.15, -0.1) is 0 Å². The fraction of sp³-hybridized carbons (Fsp3) is 0.833. The van der Waals surface area contributed by atoms with Crippen molar-refractivity contribution in [2.45, 2.75) is 64.2 Å². The largest absolute Gasteiger partial charge is 0.493 e. The van der Waals surface area contributed by atoms with E-state index in [9.17, 15) is 0 Å². The summed E-state index contributed by atoms with van der Waals surface area (Å²) in [6.07, 6.45) is 8.76. The molecule has 0 radical (unpaired) electrons. The molecule has 0 unspecified atom stereocenters. The SMILES string of the molecule is OCCOCCOCCOCCOCCOCCOCCOCCOCCOCCOCCCOCCCOCCCOCCCOCCCOCCCOCCCOCCCOCCCOCCCOc1ccc2ccccc2c1. The molecule has 0 spiro atoms. The normalized spacial score (nSPS) is 11.7. The molecule has 1 N–H and O–H groups in total. The number of hydrogen-bond acceptors (Lipinski definition) is 21. The minimum Gasteiger partial charge on any atom is -0.493 e. The second-order valence-corrected chi connectivity index (χ2v) is 18.3. The highest BCUT2D eigenvalue weighted by atomic mass is 16.6. The van der Waals surface area contributed by atoms with Crippen molar-refractivity contribution < 1.29 is 99.8 Å². The Bertz CT molecular complexity index is 1500. The summed E-state index contributed by atoms with van der Waals surface area (Å²) in [5.41, 5.74) is 0. The molecule has 0 amide bonds. The zero-order valence-corrected chi connectivity index (χ0v) is 49.5. The molecule has 0 saturated heterocycles. The molecule has 0 bridgehead atoms. The van der Waals surface area contributed by atoms with Crippen molar-refractivity contribution in [3.05, 3.63) is 42.5 Å². The van der Waals surface area contributed by atoms with Crippen LogP contribution in [0.1, 0.15) is 64.2 Å². The van der Waals surface area contributed by atoms with Gasteiger partial charge in [-0.3, -0.25) is 0 Å². The third-order valence-corrected chi connectivity index (χ3v) is 11.2. The van der Waals surface area contributed by atoms with E-state index < -0.39 is 0 Å². The topological polar surface area (TPSA) is 205 Å². The van der Waals surface area contributed by atoms with Crippen LogP contribution in [0.4, 0.5) is 0 Å². The second-order valence-electron chi connectivity index (χ2n) is 18.3. The van der Waals surface area contributed by atoms with E-state index in [1.54, 1.807) is 0 Å². The maximum Gasteiger partial charge on any atom is 0.119 e. The van der Waals surface area contributed by atoms with Crippen LogP contribution in [-0.2, 0) is 90.0 Å². The van der Waals surface area contributed by atoms with Gasteiger partial charge in [0.25, 0.3) is 0 Å². The first-order valence-electron chi connectivity index (χ1n) is 30.1. The predicted molar refractivity (Wildman–Crippen MR) is 308 cm³/mol. The van der Waals surface area contributed by atoms with Gasteiger partial charge in [0.1, 0.15) is 5.75 Å². The van der Waals surface area contributed by atoms with Crippen molar-refractivity contribution in [1.82, 2.24) is 0 Å². The molecule has 21 nitrogen and oxygen atoms in total. The van der Waals surface area contributed by atoms with Crippen LogP contribution >= 0.6 is 0 Å². The predicted octanol–water partition coefficient (Wildman–Crippen LogP) is 6.43. The zero-order valence-electron chi connectivity index (χ0n) is 49.5. The number of hydrogen-bond donors (Lipinski definition) is 1. The number of fused-ring (bicyclic) bond motifs is 1. The van der Waals surface area contributed by atoms with E-state index in [0.29, 0.717) is 258 Å². The number of benzene rings is 2. The Kier molecular flexibility index (Phi) is 60.3. The molecule has 0 heterocycles. The molecule has 2 aromatic rings. The van der Waals surface area contributed by atoms with E-state index in [1.807, 2.05) is 18.2 Å². The molecular weight excluding hydrogens is 1060 g/mol. The van der Waals surface area contributed by atoms with Crippen molar-refractivity contribution >= 4 is 10.8 Å². The van der Waals surface area contributed by atoms with Crippen LogP contribution in [0.25, 0.3) is 10.8 Å². The second kappa shape index (κ2) is 65.2. The summed E-state index contributed by atoms with van der Waals surface area (Å²) in [7, 11) is 0. The lowest BCUT2D eigenvalue weighted by molar-refractivity contribution is -0.0270. The van der Waals surface area contributed by atoms with E-state index >= 15 is 0 Å². The molecule has 21 heteroatoms. The number of ether oxygens (including phenoxy) is 20. The van der Waals surface area contributed by atoms with Gasteiger partial charge in [0.15, 0.2) is 0 Å². The quantitative estimate of drug-likeness (QED) is 0.0709. The highest BCUT2D eigenvalue weighted by Crippen LogP contribution is 2.20. The van der Waals surface area contributed by atoms with Crippen molar-refractivity contribution in [1.29, 1.82) is 0 Å². The molecule has 0 saturated carbocycles. The summed E-state index contributed by atoms with van der Waals surface area (Å²) in [6, 6.07) is 14.5. The number of aliphatic hydroxyl groups is 1. The summed E-state index contributed by atoms with van der Waals surface area (Å²) >= 11 is 0. The van der Waals surface area contributed by atoms with E-state index in [2.05, 4.69) is 24.3 Å². The zero-order chi connectivity index (χ0) is 57.2. The molecule has 0 aliphatic carbocycles. The van der Waals surface area contributed by atoms with Crippen LogP contribution in [0.2, 0.25) is 0 Å². The Labute approximate surface area is 485 Å². The van der Waals surface area contributed by atoms with Crippen molar-refractivity contribution in [3.8, 4) is 5.75 Å². The lowest BCUT2D eigenvalue weighted by Gasteiger charge is -2.09. The lowest BCUT2D eigenvalue weighted by atomic mass is 10.1. The minimum absolute atomic E-state index is 0.0212. The standard InChI is InChI=1S/C60H108O21/c61-17-38-72-40-42-74-44-46-76-48-50-78-52-54-80-56-55-79-53-51-77-49-47-75-45-43-73-41-39-71-35-11-34-69-31-9-30-67-27-7-26-65-23-5-22-63-19-3-18-62-20-4-21-64-24-6-25-66-28-8-29-68-32-10-33-70-36-12-37-81-60-16-15-58-13-1-2-14-59(58)57-60/h1-2,13-16,57,61H,3-12,17-56H2.